The van der Waals surface area contributed by atoms with Crippen LogP contribution in [0.3, 0.4) is 0 Å². The number of amides is 3. The van der Waals surface area contributed by atoms with Gasteiger partial charge in [-0.3, -0.25) is 14.4 Å². The van der Waals surface area contributed by atoms with Gasteiger partial charge < -0.3 is 14.4 Å². The Morgan fingerprint density at radius 3 is 2.40 bits per heavy atom. The zero-order chi connectivity index (χ0) is 30.1. The number of fused-ring (bicyclic) bond motifs is 1. The van der Waals surface area contributed by atoms with Gasteiger partial charge in [-0.2, -0.15) is 0 Å². The third kappa shape index (κ3) is 5.47. The number of carbonyl (C=O) groups is 3. The molecular weight excluding hydrogens is 562 g/mol. The molecule has 0 bridgehead atoms. The molecule has 0 saturated carbocycles. The van der Waals surface area contributed by atoms with Crippen LogP contribution in [0.1, 0.15) is 27.9 Å². The monoisotopic (exact) mass is 591 g/mol. The molecule has 1 fully saturated rings. The molecule has 0 spiro atoms. The Labute approximate surface area is 253 Å². The third-order valence-corrected chi connectivity index (χ3v) is 8.57. The van der Waals surface area contributed by atoms with E-state index in [9.17, 15) is 14.4 Å². The molecule has 1 atom stereocenters. The molecule has 1 saturated heterocycles. The number of imide groups is 1. The van der Waals surface area contributed by atoms with Crippen LogP contribution in [-0.4, -0.2) is 47.9 Å². The topological polar surface area (TPSA) is 89.0 Å². The number of nitrogens with zero attached hydrogens (tertiary/aromatic N) is 3. The molecule has 3 amide bonds. The van der Waals surface area contributed by atoms with Gasteiger partial charge in [0.2, 0.25) is 5.91 Å². The van der Waals surface area contributed by atoms with Crippen molar-refractivity contribution in [3.8, 4) is 22.1 Å². The quantitative estimate of drug-likeness (QED) is 0.198. The highest BCUT2D eigenvalue weighted by Crippen LogP contribution is 2.34. The minimum atomic E-state index is -0.972. The first kappa shape index (κ1) is 28.1. The van der Waals surface area contributed by atoms with Gasteiger partial charge in [-0.1, -0.05) is 36.4 Å². The van der Waals surface area contributed by atoms with E-state index in [1.165, 1.54) is 29.6 Å². The largest absolute Gasteiger partial charge is 0.493 e. The van der Waals surface area contributed by atoms with E-state index in [1.54, 1.807) is 41.7 Å². The number of rotatable bonds is 8. The van der Waals surface area contributed by atoms with Crippen molar-refractivity contribution >= 4 is 45.0 Å². The summed E-state index contributed by atoms with van der Waals surface area (Å²) < 4.78 is 11.8. The second-order valence-corrected chi connectivity index (χ2v) is 11.3. The van der Waals surface area contributed by atoms with Gasteiger partial charge in [-0.15, -0.1) is 11.3 Å². The van der Waals surface area contributed by atoms with Gasteiger partial charge in [0.25, 0.3) is 11.8 Å². The van der Waals surface area contributed by atoms with Gasteiger partial charge in [0, 0.05) is 17.7 Å². The average Bonchev–Trinajstić information content (AvgIpc) is 3.59. The second-order valence-electron chi connectivity index (χ2n) is 10.3. The van der Waals surface area contributed by atoms with E-state index in [-0.39, 0.29) is 24.8 Å². The number of ether oxygens (including phenoxy) is 2. The highest BCUT2D eigenvalue weighted by molar-refractivity contribution is 7.21. The summed E-state index contributed by atoms with van der Waals surface area (Å²) in [5.41, 5.74) is 4.61. The molecule has 4 aromatic carbocycles. The van der Waals surface area contributed by atoms with Gasteiger partial charge in [-0.05, 0) is 72.6 Å². The smallest absolute Gasteiger partial charge is 0.257 e. The van der Waals surface area contributed by atoms with Crippen LogP contribution >= 0.6 is 11.3 Å². The Morgan fingerprint density at radius 2 is 1.67 bits per heavy atom. The fourth-order valence-corrected chi connectivity index (χ4v) is 6.35. The molecule has 2 heterocycles. The van der Waals surface area contributed by atoms with E-state index in [1.807, 2.05) is 61.5 Å². The zero-order valence-corrected chi connectivity index (χ0v) is 24.8. The number of thiazole rings is 1. The summed E-state index contributed by atoms with van der Waals surface area (Å²) in [4.78, 5) is 48.5. The van der Waals surface area contributed by atoms with Gasteiger partial charge in [-0.25, -0.2) is 9.88 Å². The van der Waals surface area contributed by atoms with E-state index >= 15 is 0 Å². The molecule has 0 aliphatic carbocycles. The van der Waals surface area contributed by atoms with E-state index in [2.05, 4.69) is 6.07 Å². The molecule has 1 aromatic heterocycles. The van der Waals surface area contributed by atoms with Gasteiger partial charge >= 0.3 is 0 Å². The van der Waals surface area contributed by atoms with Crippen molar-refractivity contribution < 1.29 is 23.9 Å². The summed E-state index contributed by atoms with van der Waals surface area (Å²) in [6, 6.07) is 26.7. The van der Waals surface area contributed by atoms with E-state index in [4.69, 9.17) is 14.5 Å². The van der Waals surface area contributed by atoms with Crippen LogP contribution in [0.4, 0.5) is 5.69 Å². The van der Waals surface area contributed by atoms with Crippen LogP contribution < -0.4 is 14.4 Å². The highest BCUT2D eigenvalue weighted by atomic mass is 32.1. The Balaban J connectivity index is 1.29. The third-order valence-electron chi connectivity index (χ3n) is 7.50. The first-order valence-corrected chi connectivity index (χ1v) is 14.6. The minimum Gasteiger partial charge on any atom is -0.493 e. The van der Waals surface area contributed by atoms with Crippen LogP contribution in [0.2, 0.25) is 0 Å². The molecule has 1 unspecified atom stereocenters. The molecular formula is C34H29N3O5S. The maximum atomic E-state index is 13.9. The first-order chi connectivity index (χ1) is 20.9. The molecule has 6 rings (SSSR count). The molecule has 43 heavy (non-hydrogen) atoms. The molecule has 1 aliphatic heterocycles. The van der Waals surface area contributed by atoms with Crippen LogP contribution in [0.15, 0.2) is 91.0 Å². The van der Waals surface area contributed by atoms with E-state index in [0.717, 1.165) is 26.4 Å². The summed E-state index contributed by atoms with van der Waals surface area (Å²) in [5, 5.41) is 0.860. The number of carbonyl (C=O) groups excluding carboxylic acids is 3. The number of aromatic nitrogens is 1. The lowest BCUT2D eigenvalue weighted by molar-refractivity contribution is -0.122. The van der Waals surface area contributed by atoms with Crippen molar-refractivity contribution in [2.45, 2.75) is 25.9 Å². The SMILES string of the molecule is COc1ccc(C(=O)N(Cc2ccccc2)C2CC(=O)N(c3ccc(-c4nc5ccc(C)cc5s4)cc3)C2=O)cc1OC. The van der Waals surface area contributed by atoms with Crippen molar-refractivity contribution in [3.05, 3.63) is 108 Å². The number of anilines is 1. The van der Waals surface area contributed by atoms with Crippen molar-refractivity contribution in [1.82, 2.24) is 9.88 Å². The van der Waals surface area contributed by atoms with Crippen LogP contribution in [0.5, 0.6) is 11.5 Å². The van der Waals surface area contributed by atoms with Crippen LogP contribution in [0, 0.1) is 6.92 Å². The zero-order valence-electron chi connectivity index (χ0n) is 23.9. The summed E-state index contributed by atoms with van der Waals surface area (Å²) in [5.74, 6) is -0.322. The van der Waals surface area contributed by atoms with Crippen molar-refractivity contribution in [2.24, 2.45) is 0 Å². The molecule has 9 heteroatoms. The lowest BCUT2D eigenvalue weighted by Gasteiger charge is -2.28. The summed E-state index contributed by atoms with van der Waals surface area (Å²) in [6.45, 7) is 2.20. The standard InChI is InChI=1S/C34H29N3O5S/c1-21-9-15-26-30(17-21)43-32(35-26)23-10-13-25(14-11-23)37-31(38)19-27(34(37)40)36(20-22-7-5-4-6-8-22)33(39)24-12-16-28(41-2)29(18-24)42-3/h4-18,27H,19-20H2,1-3H3. The number of hydrogen-bond donors (Lipinski definition) is 0. The lowest BCUT2D eigenvalue weighted by atomic mass is 10.1. The maximum Gasteiger partial charge on any atom is 0.257 e. The lowest BCUT2D eigenvalue weighted by Crippen LogP contribution is -2.45. The predicted molar refractivity (Wildman–Crippen MR) is 167 cm³/mol. The number of benzene rings is 4. The summed E-state index contributed by atoms with van der Waals surface area (Å²) in [6.07, 6.45) is -0.121. The molecule has 0 N–H and O–H groups in total. The normalized spacial score (nSPS) is 14.8. The first-order valence-electron chi connectivity index (χ1n) is 13.8. The van der Waals surface area contributed by atoms with Crippen LogP contribution in [-0.2, 0) is 16.1 Å². The van der Waals surface area contributed by atoms with Gasteiger partial charge in [0.15, 0.2) is 11.5 Å². The summed E-state index contributed by atoms with van der Waals surface area (Å²) in [7, 11) is 3.01. The van der Waals surface area contributed by atoms with Crippen molar-refractivity contribution in [3.63, 3.8) is 0 Å². The predicted octanol–water partition coefficient (Wildman–Crippen LogP) is 6.26. The molecule has 1 aliphatic rings. The maximum absolute atomic E-state index is 13.9. The Hall–Kier alpha value is -5.02. The second kappa shape index (κ2) is 11.7. The molecule has 0 radical (unpaired) electrons. The highest BCUT2D eigenvalue weighted by Gasteiger charge is 2.44. The van der Waals surface area contributed by atoms with Gasteiger partial charge in [0.05, 0.1) is 36.5 Å². The fourth-order valence-electron chi connectivity index (χ4n) is 5.28. The van der Waals surface area contributed by atoms with Crippen molar-refractivity contribution in [2.75, 3.05) is 19.1 Å². The number of aryl methyl sites for hydroxylation is 1. The van der Waals surface area contributed by atoms with Gasteiger partial charge in [0.1, 0.15) is 11.0 Å². The van der Waals surface area contributed by atoms with Crippen molar-refractivity contribution in [1.29, 1.82) is 0 Å². The number of hydrogen-bond acceptors (Lipinski definition) is 7. The molecule has 216 valence electrons. The Kier molecular flexibility index (Phi) is 7.65. The van der Waals surface area contributed by atoms with E-state index < -0.39 is 11.9 Å². The van der Waals surface area contributed by atoms with Crippen LogP contribution in [0.25, 0.3) is 20.8 Å². The summed E-state index contributed by atoms with van der Waals surface area (Å²) >= 11 is 1.60. The Bertz CT molecular complexity index is 1830. The minimum absolute atomic E-state index is 0.121. The number of methoxy groups -OCH3 is 2. The fraction of sp³-hybridized carbons (Fsp3) is 0.176. The average molecular weight is 592 g/mol. The molecule has 8 nitrogen and oxygen atoms in total. The Morgan fingerprint density at radius 1 is 0.930 bits per heavy atom. The van der Waals surface area contributed by atoms with E-state index in [0.29, 0.717) is 22.7 Å². The molecule has 5 aromatic rings.